The third kappa shape index (κ3) is 66.8. The molecule has 0 N–H and O–H groups in total. The van der Waals surface area contributed by atoms with Crippen molar-refractivity contribution in [1.29, 1.82) is 0 Å². The molecule has 0 aliphatic heterocycles. The second-order valence-electron chi connectivity index (χ2n) is 22.7. The number of carbonyl (C=O) groups excluding carboxylic acids is 2. The molecule has 0 spiro atoms. The molecule has 0 bridgehead atoms. The van der Waals surface area contributed by atoms with E-state index >= 15 is 0 Å². The average Bonchev–Trinajstić information content (AvgIpc) is 3.61. The number of hydrogen-bond acceptors (Lipinski definition) is 8. The van der Waals surface area contributed by atoms with Crippen molar-refractivity contribution in [2.75, 3.05) is 47.5 Å². The summed E-state index contributed by atoms with van der Waals surface area (Å²) in [6.07, 6.45) is 94.4. The number of quaternary nitrogens is 1. The summed E-state index contributed by atoms with van der Waals surface area (Å²) in [5.74, 6) is -0.854. The second-order valence-corrected chi connectivity index (χ2v) is 24.1. The number of carbonyl (C=O) groups is 2. The highest BCUT2D eigenvalue weighted by molar-refractivity contribution is 7.45. The predicted octanol–water partition coefficient (Wildman–Crippen LogP) is 21.0. The summed E-state index contributed by atoms with van der Waals surface area (Å²) in [6, 6.07) is 0. The molecule has 0 radical (unpaired) electrons. The van der Waals surface area contributed by atoms with Crippen LogP contribution in [0.3, 0.4) is 0 Å². The average molecular weight is 1180 g/mol. The van der Waals surface area contributed by atoms with Gasteiger partial charge < -0.3 is 27.9 Å². The van der Waals surface area contributed by atoms with E-state index in [1.165, 1.54) is 70.6 Å². The van der Waals surface area contributed by atoms with Crippen molar-refractivity contribution in [1.82, 2.24) is 0 Å². The number of ether oxygens (including phenoxy) is 2. The maximum atomic E-state index is 12.9. The van der Waals surface area contributed by atoms with Gasteiger partial charge in [0.15, 0.2) is 6.10 Å². The highest BCUT2D eigenvalue weighted by Gasteiger charge is 2.22. The van der Waals surface area contributed by atoms with Gasteiger partial charge in [0.05, 0.1) is 27.7 Å². The molecule has 0 saturated carbocycles. The van der Waals surface area contributed by atoms with Crippen LogP contribution < -0.4 is 4.89 Å². The largest absolute Gasteiger partial charge is 0.756 e. The number of allylic oxidation sites excluding steroid dienone is 26. The lowest BCUT2D eigenvalue weighted by atomic mass is 10.0. The zero-order valence-electron chi connectivity index (χ0n) is 54.0. The molecule has 476 valence electrons. The minimum Gasteiger partial charge on any atom is -0.756 e. The van der Waals surface area contributed by atoms with E-state index < -0.39 is 32.5 Å². The van der Waals surface area contributed by atoms with Gasteiger partial charge in [-0.15, -0.1) is 0 Å². The van der Waals surface area contributed by atoms with Crippen molar-refractivity contribution < 1.29 is 42.1 Å². The minimum atomic E-state index is -4.65. The molecule has 0 aromatic heterocycles. The van der Waals surface area contributed by atoms with Crippen molar-refractivity contribution in [3.63, 3.8) is 0 Å². The fourth-order valence-electron chi connectivity index (χ4n) is 8.52. The van der Waals surface area contributed by atoms with Crippen LogP contribution in [0, 0.1) is 0 Å². The monoisotopic (exact) mass is 1180 g/mol. The van der Waals surface area contributed by atoms with E-state index in [4.69, 9.17) is 18.5 Å². The standard InChI is InChI=1S/C74H122NO8P/c1-6-8-10-12-14-16-18-20-22-24-26-28-30-32-33-34-35-36-37-38-39-40-41-43-45-47-49-51-53-55-57-59-61-63-65-67-74(77)83-72(71-82-84(78,79)81-69-68-75(3,4)5)70-80-73(76)66-64-62-60-58-56-54-52-50-48-46-44-42-31-29-27-25-23-21-19-17-15-13-11-9-7-2/h8-11,14-17,20-23,26-29,32-33,35-36,38-39,41-44,72H,6-7,12-13,18-19,24-25,30-31,34,37,40,45-71H2,1-5H3/b10-8-,11-9-,16-14-,17-15-,22-20-,23-21-,28-26-,29-27-,33-32-,36-35-,39-38-,43-41-,44-42-. The van der Waals surface area contributed by atoms with E-state index in [2.05, 4.69) is 172 Å². The van der Waals surface area contributed by atoms with E-state index in [-0.39, 0.29) is 26.1 Å². The van der Waals surface area contributed by atoms with Crippen molar-refractivity contribution in [2.45, 2.75) is 251 Å². The first-order valence-electron chi connectivity index (χ1n) is 33.2. The van der Waals surface area contributed by atoms with Gasteiger partial charge in [0.25, 0.3) is 7.82 Å². The molecule has 0 aliphatic carbocycles. The number of rotatable bonds is 59. The molecule has 10 heteroatoms. The summed E-state index contributed by atoms with van der Waals surface area (Å²) < 4.78 is 34.3. The zero-order chi connectivity index (χ0) is 61.2. The lowest BCUT2D eigenvalue weighted by Crippen LogP contribution is -2.37. The number of phosphoric acid groups is 1. The lowest BCUT2D eigenvalue weighted by molar-refractivity contribution is -0.870. The number of nitrogens with zero attached hydrogens (tertiary/aromatic N) is 1. The molecule has 0 saturated heterocycles. The Hall–Kier alpha value is -4.37. The van der Waals surface area contributed by atoms with E-state index in [0.29, 0.717) is 23.9 Å². The smallest absolute Gasteiger partial charge is 0.306 e. The molecule has 0 amide bonds. The number of likely N-dealkylation sites (N-methyl/N-ethyl adjacent to an activating group) is 1. The van der Waals surface area contributed by atoms with Crippen LogP contribution >= 0.6 is 7.82 Å². The topological polar surface area (TPSA) is 111 Å². The van der Waals surface area contributed by atoms with Crippen LogP contribution in [0.5, 0.6) is 0 Å². The molecule has 84 heavy (non-hydrogen) atoms. The van der Waals surface area contributed by atoms with Gasteiger partial charge in [-0.3, -0.25) is 14.2 Å². The van der Waals surface area contributed by atoms with Crippen LogP contribution in [0.2, 0.25) is 0 Å². The van der Waals surface area contributed by atoms with E-state index in [1.807, 2.05) is 21.1 Å². The van der Waals surface area contributed by atoms with Gasteiger partial charge >= 0.3 is 11.9 Å². The third-order valence-corrected chi connectivity index (χ3v) is 14.5. The molecule has 0 rings (SSSR count). The minimum absolute atomic E-state index is 0.0409. The Kier molecular flexibility index (Phi) is 59.9. The number of hydrogen-bond donors (Lipinski definition) is 0. The Morgan fingerprint density at radius 1 is 0.369 bits per heavy atom. The molecule has 0 heterocycles. The molecule has 2 atom stereocenters. The van der Waals surface area contributed by atoms with Crippen LogP contribution in [0.4, 0.5) is 0 Å². The summed E-state index contributed by atoms with van der Waals surface area (Å²) in [6.45, 7) is 3.99. The maximum Gasteiger partial charge on any atom is 0.306 e. The van der Waals surface area contributed by atoms with Crippen molar-refractivity contribution >= 4 is 19.8 Å². The number of unbranched alkanes of at least 4 members (excludes halogenated alkanes) is 19. The Morgan fingerprint density at radius 3 is 0.952 bits per heavy atom. The van der Waals surface area contributed by atoms with Crippen molar-refractivity contribution in [3.8, 4) is 0 Å². The zero-order valence-corrected chi connectivity index (χ0v) is 54.9. The summed E-state index contributed by atoms with van der Waals surface area (Å²) >= 11 is 0. The van der Waals surface area contributed by atoms with E-state index in [0.717, 1.165) is 135 Å². The van der Waals surface area contributed by atoms with E-state index in [9.17, 15) is 19.0 Å². The van der Waals surface area contributed by atoms with Crippen LogP contribution in [0.15, 0.2) is 158 Å². The SMILES string of the molecule is CC/C=C\C/C=C\C/C=C\C/C=C\C/C=C\C/C=C\C/C=C\C/C=C\CCCCCCCCCCCCC(=O)OC(COC(=O)CCCCCCCCCCC/C=C\C/C=C\C/C=C\C/C=C\C/C=C\CC)COP(=O)([O-])OCC[N+](C)(C)C. The highest BCUT2D eigenvalue weighted by atomic mass is 31.2. The quantitative estimate of drug-likeness (QED) is 0.0195. The van der Waals surface area contributed by atoms with Crippen LogP contribution in [0.1, 0.15) is 245 Å². The van der Waals surface area contributed by atoms with Crippen molar-refractivity contribution in [3.05, 3.63) is 158 Å². The second kappa shape index (κ2) is 63.1. The molecule has 0 aromatic carbocycles. The first-order valence-corrected chi connectivity index (χ1v) is 34.7. The Morgan fingerprint density at radius 2 is 0.643 bits per heavy atom. The predicted molar refractivity (Wildman–Crippen MR) is 360 cm³/mol. The summed E-state index contributed by atoms with van der Waals surface area (Å²) in [4.78, 5) is 38.0. The van der Waals surface area contributed by atoms with Crippen LogP contribution in [-0.2, 0) is 32.7 Å². The van der Waals surface area contributed by atoms with Gasteiger partial charge in [0, 0.05) is 12.8 Å². The normalized spacial score (nSPS) is 14.2. The van der Waals surface area contributed by atoms with E-state index in [1.54, 1.807) is 0 Å². The molecule has 0 aromatic rings. The van der Waals surface area contributed by atoms with Gasteiger partial charge in [-0.25, -0.2) is 0 Å². The number of phosphoric ester groups is 1. The summed E-state index contributed by atoms with van der Waals surface area (Å²) in [5, 5.41) is 0. The van der Waals surface area contributed by atoms with Gasteiger partial charge in [-0.05, 0) is 122 Å². The van der Waals surface area contributed by atoms with Crippen LogP contribution in [0.25, 0.3) is 0 Å². The maximum absolute atomic E-state index is 12.9. The third-order valence-electron chi connectivity index (χ3n) is 13.5. The van der Waals surface area contributed by atoms with Gasteiger partial charge in [0.1, 0.15) is 19.8 Å². The van der Waals surface area contributed by atoms with Gasteiger partial charge in [0.2, 0.25) is 0 Å². The van der Waals surface area contributed by atoms with Crippen molar-refractivity contribution in [2.24, 2.45) is 0 Å². The molecule has 9 nitrogen and oxygen atoms in total. The van der Waals surface area contributed by atoms with Gasteiger partial charge in [-0.1, -0.05) is 268 Å². The number of esters is 2. The van der Waals surface area contributed by atoms with Gasteiger partial charge in [-0.2, -0.15) is 0 Å². The fourth-order valence-corrected chi connectivity index (χ4v) is 9.25. The summed E-state index contributed by atoms with van der Waals surface area (Å²) in [7, 11) is 1.14. The Bertz CT molecular complexity index is 1970. The molecule has 0 aliphatic rings. The highest BCUT2D eigenvalue weighted by Crippen LogP contribution is 2.38. The van der Waals surface area contributed by atoms with Crippen LogP contribution in [-0.4, -0.2) is 70.0 Å². The Balaban J connectivity index is 4.16. The lowest BCUT2D eigenvalue weighted by Gasteiger charge is -2.28. The molecule has 2 unspecified atom stereocenters. The Labute approximate surface area is 516 Å². The fraction of sp³-hybridized carbons (Fsp3) is 0.622. The molecule has 0 fully saturated rings. The first kappa shape index (κ1) is 79.6. The first-order chi connectivity index (χ1) is 41.0. The molecular formula is C74H122NO8P. The molecular weight excluding hydrogens is 1060 g/mol. The summed E-state index contributed by atoms with van der Waals surface area (Å²) in [5.41, 5.74) is 0.